The average molecular weight is 518 g/mol. The number of amides is 2. The minimum absolute atomic E-state index is 0.133. The van der Waals surface area contributed by atoms with E-state index in [1.165, 1.54) is 4.90 Å². The highest BCUT2D eigenvalue weighted by atomic mass is 16.5. The summed E-state index contributed by atoms with van der Waals surface area (Å²) in [5.41, 5.74) is 6.06. The predicted molar refractivity (Wildman–Crippen MR) is 151 cm³/mol. The van der Waals surface area contributed by atoms with Gasteiger partial charge in [0.25, 0.3) is 5.91 Å². The van der Waals surface area contributed by atoms with Crippen LogP contribution in [0.1, 0.15) is 40.5 Å². The molecule has 1 atom stereocenters. The number of ether oxygens (including phenoxy) is 1. The predicted octanol–water partition coefficient (Wildman–Crippen LogP) is 5.50. The third kappa shape index (κ3) is 4.79. The highest BCUT2D eigenvalue weighted by Crippen LogP contribution is 2.39. The Morgan fingerprint density at radius 2 is 1.74 bits per heavy atom. The molecule has 1 unspecified atom stereocenters. The molecule has 1 N–H and O–H groups in total. The molecule has 39 heavy (non-hydrogen) atoms. The molecule has 7 nitrogen and oxygen atoms in total. The second kappa shape index (κ2) is 10.2. The number of fused-ring (bicyclic) bond motifs is 3. The van der Waals surface area contributed by atoms with E-state index >= 15 is 0 Å². The highest BCUT2D eigenvalue weighted by molar-refractivity contribution is 6.11. The lowest BCUT2D eigenvalue weighted by Gasteiger charge is -2.29. The van der Waals surface area contributed by atoms with E-state index in [9.17, 15) is 14.4 Å². The molecular formula is C32H27N3O4. The summed E-state index contributed by atoms with van der Waals surface area (Å²) in [4.78, 5) is 45.3. The SMILES string of the molecule is CC1CC(=Cc2ccccc2)c2nc3ccccc3c(C(=O)OCC(=O)N3CC(=O)Nc4ccccc43)c2C1. The molecule has 7 heteroatoms. The van der Waals surface area contributed by atoms with E-state index < -0.39 is 18.5 Å². The maximum Gasteiger partial charge on any atom is 0.339 e. The standard InChI is InChI=1S/C32H27N3O4/c1-20-15-22(17-21-9-3-2-4-10-21)31-24(16-20)30(23-11-5-6-12-25(23)34-31)32(38)39-19-29(37)35-18-28(36)33-26-13-7-8-14-27(26)35/h2-14,17,20H,15-16,18-19H2,1H3,(H,33,36). The quantitative estimate of drug-likeness (QED) is 0.361. The molecule has 1 aromatic heterocycles. The van der Waals surface area contributed by atoms with Crippen LogP contribution < -0.4 is 10.2 Å². The van der Waals surface area contributed by atoms with E-state index in [1.54, 1.807) is 24.3 Å². The highest BCUT2D eigenvalue weighted by Gasteiger charge is 2.31. The molecule has 0 spiro atoms. The minimum atomic E-state index is -0.568. The Hall–Kier alpha value is -4.78. The van der Waals surface area contributed by atoms with Crippen LogP contribution in [-0.2, 0) is 20.7 Å². The second-order valence-electron chi connectivity index (χ2n) is 10.0. The molecule has 6 rings (SSSR count). The van der Waals surface area contributed by atoms with Crippen molar-refractivity contribution < 1.29 is 19.1 Å². The maximum absolute atomic E-state index is 13.7. The molecule has 2 aliphatic rings. The average Bonchev–Trinajstić information content (AvgIpc) is 2.94. The van der Waals surface area contributed by atoms with Gasteiger partial charge in [0.15, 0.2) is 6.61 Å². The Balaban J connectivity index is 1.35. The number of hydrogen-bond acceptors (Lipinski definition) is 5. The van der Waals surface area contributed by atoms with Crippen LogP contribution in [0.2, 0.25) is 0 Å². The Morgan fingerprint density at radius 1 is 1.00 bits per heavy atom. The van der Waals surface area contributed by atoms with Crippen molar-refractivity contribution in [3.05, 3.63) is 101 Å². The Kier molecular flexibility index (Phi) is 6.40. The first-order valence-corrected chi connectivity index (χ1v) is 13.0. The fourth-order valence-electron chi connectivity index (χ4n) is 5.45. The van der Waals surface area contributed by atoms with E-state index in [4.69, 9.17) is 9.72 Å². The first-order chi connectivity index (χ1) is 19.0. The van der Waals surface area contributed by atoms with Crippen LogP contribution in [0, 0.1) is 5.92 Å². The number of allylic oxidation sites excluding steroid dienone is 1. The molecule has 0 radical (unpaired) electrons. The molecule has 2 amide bonds. The maximum atomic E-state index is 13.7. The zero-order chi connectivity index (χ0) is 26.9. The van der Waals surface area contributed by atoms with E-state index in [2.05, 4.69) is 18.3 Å². The summed E-state index contributed by atoms with van der Waals surface area (Å²) in [6.07, 6.45) is 3.65. The van der Waals surface area contributed by atoms with Gasteiger partial charge in [-0.05, 0) is 59.7 Å². The number of carbonyl (C=O) groups is 3. The van der Waals surface area contributed by atoms with Gasteiger partial charge < -0.3 is 10.1 Å². The van der Waals surface area contributed by atoms with Gasteiger partial charge in [-0.3, -0.25) is 14.5 Å². The number of nitrogens with zero attached hydrogens (tertiary/aromatic N) is 2. The third-order valence-electron chi connectivity index (χ3n) is 7.16. The molecule has 1 aliphatic carbocycles. The third-order valence-corrected chi connectivity index (χ3v) is 7.16. The number of rotatable bonds is 4. The molecule has 0 saturated carbocycles. The summed E-state index contributed by atoms with van der Waals surface area (Å²) >= 11 is 0. The topological polar surface area (TPSA) is 88.6 Å². The Bertz CT molecular complexity index is 1640. The number of esters is 1. The van der Waals surface area contributed by atoms with Crippen LogP contribution in [-0.4, -0.2) is 35.9 Å². The largest absolute Gasteiger partial charge is 0.452 e. The second-order valence-corrected chi connectivity index (χ2v) is 10.0. The summed E-state index contributed by atoms with van der Waals surface area (Å²) in [7, 11) is 0. The van der Waals surface area contributed by atoms with Crippen molar-refractivity contribution in [3.63, 3.8) is 0 Å². The zero-order valence-corrected chi connectivity index (χ0v) is 21.5. The fraction of sp³-hybridized carbons (Fsp3) is 0.188. The normalized spacial score (nSPS) is 17.4. The van der Waals surface area contributed by atoms with E-state index in [1.807, 2.05) is 54.6 Å². The van der Waals surface area contributed by atoms with Gasteiger partial charge in [-0.1, -0.05) is 67.6 Å². The van der Waals surface area contributed by atoms with Gasteiger partial charge in [0, 0.05) is 5.39 Å². The van der Waals surface area contributed by atoms with Crippen LogP contribution in [0.25, 0.3) is 22.6 Å². The van der Waals surface area contributed by atoms with Crippen molar-refractivity contribution in [3.8, 4) is 0 Å². The van der Waals surface area contributed by atoms with Gasteiger partial charge in [0.1, 0.15) is 6.54 Å². The van der Waals surface area contributed by atoms with Crippen LogP contribution in [0.3, 0.4) is 0 Å². The lowest BCUT2D eigenvalue weighted by Crippen LogP contribution is -2.44. The number of anilines is 2. The first kappa shape index (κ1) is 24.6. The van der Waals surface area contributed by atoms with Crippen LogP contribution >= 0.6 is 0 Å². The smallest absolute Gasteiger partial charge is 0.339 e. The summed E-state index contributed by atoms with van der Waals surface area (Å²) in [5.74, 6) is -1.03. The van der Waals surface area contributed by atoms with Crippen molar-refractivity contribution in [2.24, 2.45) is 5.92 Å². The molecule has 2 heterocycles. The van der Waals surface area contributed by atoms with Gasteiger partial charge in [0.05, 0.1) is 28.1 Å². The van der Waals surface area contributed by atoms with Crippen LogP contribution in [0.5, 0.6) is 0 Å². The van der Waals surface area contributed by atoms with Crippen molar-refractivity contribution in [1.29, 1.82) is 0 Å². The van der Waals surface area contributed by atoms with Crippen molar-refractivity contribution in [1.82, 2.24) is 4.98 Å². The Morgan fingerprint density at radius 3 is 2.59 bits per heavy atom. The van der Waals surface area contributed by atoms with E-state index in [-0.39, 0.29) is 12.5 Å². The number of para-hydroxylation sites is 3. The lowest BCUT2D eigenvalue weighted by atomic mass is 9.80. The summed E-state index contributed by atoms with van der Waals surface area (Å²) < 4.78 is 5.65. The minimum Gasteiger partial charge on any atom is -0.452 e. The van der Waals surface area contributed by atoms with Gasteiger partial charge in [-0.25, -0.2) is 9.78 Å². The fourth-order valence-corrected chi connectivity index (χ4v) is 5.45. The lowest BCUT2D eigenvalue weighted by molar-refractivity contribution is -0.124. The number of pyridine rings is 1. The summed E-state index contributed by atoms with van der Waals surface area (Å²) in [6.45, 7) is 1.55. The van der Waals surface area contributed by atoms with Crippen LogP contribution in [0.4, 0.5) is 11.4 Å². The van der Waals surface area contributed by atoms with Crippen molar-refractivity contribution in [2.45, 2.75) is 19.8 Å². The van der Waals surface area contributed by atoms with Crippen molar-refractivity contribution in [2.75, 3.05) is 23.4 Å². The number of carbonyl (C=O) groups excluding carboxylic acids is 3. The molecular weight excluding hydrogens is 490 g/mol. The Labute approximate surface area is 226 Å². The molecule has 1 aliphatic heterocycles. The number of hydrogen-bond donors (Lipinski definition) is 1. The molecule has 3 aromatic carbocycles. The molecule has 4 aromatic rings. The van der Waals surface area contributed by atoms with Crippen LogP contribution in [0.15, 0.2) is 78.9 Å². The molecule has 0 saturated heterocycles. The van der Waals surface area contributed by atoms with E-state index in [0.29, 0.717) is 40.2 Å². The van der Waals surface area contributed by atoms with Gasteiger partial charge in [0.2, 0.25) is 5.91 Å². The van der Waals surface area contributed by atoms with Gasteiger partial charge in [-0.2, -0.15) is 0 Å². The first-order valence-electron chi connectivity index (χ1n) is 13.0. The van der Waals surface area contributed by atoms with E-state index in [0.717, 1.165) is 28.8 Å². The molecule has 0 bridgehead atoms. The number of aromatic nitrogens is 1. The zero-order valence-electron chi connectivity index (χ0n) is 21.5. The van der Waals surface area contributed by atoms with Gasteiger partial charge >= 0.3 is 5.97 Å². The summed E-state index contributed by atoms with van der Waals surface area (Å²) in [5, 5.41) is 3.46. The number of benzene rings is 3. The summed E-state index contributed by atoms with van der Waals surface area (Å²) in [6, 6.07) is 24.7. The van der Waals surface area contributed by atoms with Gasteiger partial charge in [-0.15, -0.1) is 0 Å². The monoisotopic (exact) mass is 517 g/mol. The molecule has 0 fully saturated rings. The van der Waals surface area contributed by atoms with Crippen molar-refractivity contribution >= 4 is 51.7 Å². The number of nitrogens with one attached hydrogen (secondary N) is 1. The molecule has 194 valence electrons.